The molecule has 2 unspecified atom stereocenters. The van der Waals surface area contributed by atoms with Crippen LogP contribution in [0.5, 0.6) is 0 Å². The summed E-state index contributed by atoms with van der Waals surface area (Å²) in [5.74, 6) is 0.238. The summed E-state index contributed by atoms with van der Waals surface area (Å²) in [6.07, 6.45) is 0.874. The molecule has 3 atom stereocenters. The van der Waals surface area contributed by atoms with Gasteiger partial charge in [-0.1, -0.05) is 12.1 Å². The van der Waals surface area contributed by atoms with E-state index in [2.05, 4.69) is 5.32 Å². The zero-order valence-corrected chi connectivity index (χ0v) is 15.2. The Morgan fingerprint density at radius 1 is 1.22 bits per heavy atom. The number of nitrogens with one attached hydrogen (secondary N) is 1. The minimum atomic E-state index is -0.395. The van der Waals surface area contributed by atoms with Gasteiger partial charge in [0.15, 0.2) is 0 Å². The van der Waals surface area contributed by atoms with E-state index in [0.717, 1.165) is 25.1 Å². The van der Waals surface area contributed by atoms with Crippen molar-refractivity contribution < 1.29 is 23.9 Å². The first-order chi connectivity index (χ1) is 13.0. The predicted molar refractivity (Wildman–Crippen MR) is 96.6 cm³/mol. The topological polar surface area (TPSA) is 88.2 Å². The number of carbonyl (C=O) groups excluding carboxylic acids is 3. The molecule has 0 aromatic heterocycles. The maximum Gasteiger partial charge on any atom is 0.414 e. The summed E-state index contributed by atoms with van der Waals surface area (Å²) in [6, 6.07) is 8.11. The van der Waals surface area contributed by atoms with E-state index in [-0.39, 0.29) is 24.1 Å². The van der Waals surface area contributed by atoms with E-state index in [1.54, 1.807) is 4.90 Å². The number of carbonyl (C=O) groups is 3. The Morgan fingerprint density at radius 2 is 2.00 bits per heavy atom. The lowest BCUT2D eigenvalue weighted by Gasteiger charge is -2.32. The SMILES string of the molecule is CC(=O)NC[C@H]1CN(c2ccc(C3CCN4C(=O)OCC4C3)cc2)C(=O)O1. The Kier molecular flexibility index (Phi) is 4.63. The van der Waals surface area contributed by atoms with E-state index in [9.17, 15) is 14.4 Å². The number of rotatable bonds is 4. The van der Waals surface area contributed by atoms with E-state index in [1.165, 1.54) is 12.5 Å². The van der Waals surface area contributed by atoms with Crippen molar-refractivity contribution in [2.45, 2.75) is 37.8 Å². The maximum atomic E-state index is 12.1. The smallest absolute Gasteiger partial charge is 0.414 e. The molecule has 3 amide bonds. The first kappa shape index (κ1) is 17.6. The summed E-state index contributed by atoms with van der Waals surface area (Å²) in [7, 11) is 0. The van der Waals surface area contributed by atoms with Crippen molar-refractivity contribution in [2.24, 2.45) is 0 Å². The molecule has 0 radical (unpaired) electrons. The van der Waals surface area contributed by atoms with Crippen molar-refractivity contribution in [3.8, 4) is 0 Å². The number of fused-ring (bicyclic) bond motifs is 1. The lowest BCUT2D eigenvalue weighted by atomic mass is 9.86. The number of benzene rings is 1. The lowest BCUT2D eigenvalue weighted by Crippen LogP contribution is -2.40. The van der Waals surface area contributed by atoms with Crippen LogP contribution in [0.3, 0.4) is 0 Å². The number of amides is 3. The van der Waals surface area contributed by atoms with Crippen LogP contribution < -0.4 is 10.2 Å². The van der Waals surface area contributed by atoms with Gasteiger partial charge in [-0.2, -0.15) is 0 Å². The highest BCUT2D eigenvalue weighted by Crippen LogP contribution is 2.35. The van der Waals surface area contributed by atoms with Gasteiger partial charge in [-0.25, -0.2) is 9.59 Å². The number of cyclic esters (lactones) is 2. The molecule has 3 aliphatic heterocycles. The molecule has 3 heterocycles. The van der Waals surface area contributed by atoms with Crippen LogP contribution in [0.15, 0.2) is 24.3 Å². The molecule has 3 fully saturated rings. The molecule has 1 aromatic carbocycles. The molecule has 1 aromatic rings. The van der Waals surface area contributed by atoms with Crippen LogP contribution >= 0.6 is 0 Å². The van der Waals surface area contributed by atoms with Crippen LogP contribution in [0, 0.1) is 0 Å². The van der Waals surface area contributed by atoms with Crippen molar-refractivity contribution in [3.05, 3.63) is 29.8 Å². The summed E-state index contributed by atoms with van der Waals surface area (Å²) in [5, 5.41) is 2.67. The number of ether oxygens (including phenoxy) is 2. The molecule has 0 saturated carbocycles. The van der Waals surface area contributed by atoms with Gasteiger partial charge in [0.05, 0.1) is 19.1 Å². The van der Waals surface area contributed by atoms with Gasteiger partial charge < -0.3 is 19.7 Å². The standard InChI is InChI=1S/C19H23N3O5/c1-12(23)20-9-17-10-22(19(25)27-17)15-4-2-13(3-5-15)14-6-7-21-16(8-14)11-26-18(21)24/h2-5,14,16-17H,6-11H2,1H3,(H,20,23)/t14?,16?,17-/m0/s1. The van der Waals surface area contributed by atoms with Gasteiger partial charge in [0, 0.05) is 19.2 Å². The molecule has 8 nitrogen and oxygen atoms in total. The molecule has 4 rings (SSSR count). The quantitative estimate of drug-likeness (QED) is 0.870. The average Bonchev–Trinajstić information content (AvgIpc) is 3.22. The minimum absolute atomic E-state index is 0.144. The molecule has 0 aliphatic carbocycles. The second-order valence-corrected chi connectivity index (χ2v) is 7.29. The highest BCUT2D eigenvalue weighted by atomic mass is 16.6. The number of hydrogen-bond donors (Lipinski definition) is 1. The summed E-state index contributed by atoms with van der Waals surface area (Å²) in [6.45, 7) is 3.36. The second kappa shape index (κ2) is 7.09. The van der Waals surface area contributed by atoms with E-state index < -0.39 is 6.09 Å². The van der Waals surface area contributed by atoms with Crippen LogP contribution in [0.1, 0.15) is 31.2 Å². The highest BCUT2D eigenvalue weighted by Gasteiger charge is 2.38. The van der Waals surface area contributed by atoms with Crippen molar-refractivity contribution in [1.29, 1.82) is 0 Å². The molecule has 3 aliphatic rings. The van der Waals surface area contributed by atoms with Gasteiger partial charge in [-0.05, 0) is 36.5 Å². The summed E-state index contributed by atoms with van der Waals surface area (Å²) < 4.78 is 10.4. The highest BCUT2D eigenvalue weighted by molar-refractivity contribution is 5.89. The maximum absolute atomic E-state index is 12.1. The summed E-state index contributed by atoms with van der Waals surface area (Å²) in [5.41, 5.74) is 1.99. The van der Waals surface area contributed by atoms with Gasteiger partial charge in [-0.3, -0.25) is 9.69 Å². The Balaban J connectivity index is 1.38. The van der Waals surface area contributed by atoms with Crippen molar-refractivity contribution in [3.63, 3.8) is 0 Å². The van der Waals surface area contributed by atoms with Gasteiger partial charge >= 0.3 is 12.2 Å². The predicted octanol–water partition coefficient (Wildman–Crippen LogP) is 1.85. The Morgan fingerprint density at radius 3 is 2.74 bits per heavy atom. The first-order valence-corrected chi connectivity index (χ1v) is 9.27. The summed E-state index contributed by atoms with van der Waals surface area (Å²) >= 11 is 0. The monoisotopic (exact) mass is 373 g/mol. The average molecular weight is 373 g/mol. The van der Waals surface area contributed by atoms with Gasteiger partial charge in [0.25, 0.3) is 0 Å². The largest absolute Gasteiger partial charge is 0.447 e. The third-order valence-corrected chi connectivity index (χ3v) is 5.48. The normalized spacial score (nSPS) is 27.2. The molecule has 1 N–H and O–H groups in total. The van der Waals surface area contributed by atoms with Gasteiger partial charge in [0.1, 0.15) is 12.7 Å². The summed E-state index contributed by atoms with van der Waals surface area (Å²) in [4.78, 5) is 38.1. The fraction of sp³-hybridized carbons (Fsp3) is 0.526. The number of hydrogen-bond acceptors (Lipinski definition) is 5. The van der Waals surface area contributed by atoms with E-state index in [0.29, 0.717) is 25.6 Å². The molecule has 8 heteroatoms. The Labute approximate surface area is 157 Å². The first-order valence-electron chi connectivity index (χ1n) is 9.27. The molecule has 27 heavy (non-hydrogen) atoms. The Bertz CT molecular complexity index is 750. The van der Waals surface area contributed by atoms with Crippen LogP contribution in [0.25, 0.3) is 0 Å². The minimum Gasteiger partial charge on any atom is -0.447 e. The van der Waals surface area contributed by atoms with E-state index in [4.69, 9.17) is 9.47 Å². The third-order valence-electron chi connectivity index (χ3n) is 5.48. The molecule has 3 saturated heterocycles. The molecule has 144 valence electrons. The molecule has 0 spiro atoms. The van der Waals surface area contributed by atoms with Crippen LogP contribution in [0.2, 0.25) is 0 Å². The van der Waals surface area contributed by atoms with Crippen LogP contribution in [-0.4, -0.2) is 61.4 Å². The van der Waals surface area contributed by atoms with E-state index >= 15 is 0 Å². The van der Waals surface area contributed by atoms with Crippen LogP contribution in [0.4, 0.5) is 15.3 Å². The molecule has 0 bridgehead atoms. The van der Waals surface area contributed by atoms with Crippen molar-refractivity contribution in [2.75, 3.05) is 31.1 Å². The zero-order valence-electron chi connectivity index (χ0n) is 15.2. The Hall–Kier alpha value is -2.77. The van der Waals surface area contributed by atoms with Gasteiger partial charge in [-0.15, -0.1) is 0 Å². The van der Waals surface area contributed by atoms with E-state index in [1.807, 2.05) is 29.2 Å². The lowest BCUT2D eigenvalue weighted by molar-refractivity contribution is -0.119. The third kappa shape index (κ3) is 3.56. The van der Waals surface area contributed by atoms with Crippen LogP contribution in [-0.2, 0) is 14.3 Å². The van der Waals surface area contributed by atoms with Crippen molar-refractivity contribution >= 4 is 23.8 Å². The fourth-order valence-corrected chi connectivity index (χ4v) is 4.03. The molecular weight excluding hydrogens is 350 g/mol. The van der Waals surface area contributed by atoms with Gasteiger partial charge in [0.2, 0.25) is 5.91 Å². The number of nitrogens with zero attached hydrogens (tertiary/aromatic N) is 2. The fourth-order valence-electron chi connectivity index (χ4n) is 4.03. The zero-order chi connectivity index (χ0) is 19.0. The molecular formula is C19H23N3O5. The number of piperidine rings is 1. The second-order valence-electron chi connectivity index (χ2n) is 7.29. The number of anilines is 1. The van der Waals surface area contributed by atoms with Crippen molar-refractivity contribution in [1.82, 2.24) is 10.2 Å².